The van der Waals surface area contributed by atoms with Crippen molar-refractivity contribution >= 4 is 29.1 Å². The number of carbonyl (C=O) groups excluding carboxylic acids is 3. The number of carbonyl (C=O) groups is 3. The monoisotopic (exact) mass is 373 g/mol. The molecule has 0 saturated carbocycles. The highest BCUT2D eigenvalue weighted by molar-refractivity contribution is 8.15. The lowest BCUT2D eigenvalue weighted by atomic mass is 9.99. The Labute approximate surface area is 153 Å². The van der Waals surface area contributed by atoms with Crippen molar-refractivity contribution in [2.45, 2.75) is 11.2 Å². The summed E-state index contributed by atoms with van der Waals surface area (Å²) in [7, 11) is 0. The number of hydrogen-bond donors (Lipinski definition) is 1. The van der Waals surface area contributed by atoms with E-state index in [4.69, 9.17) is 4.74 Å². The van der Waals surface area contributed by atoms with E-state index in [1.807, 2.05) is 0 Å². The predicted octanol–water partition coefficient (Wildman–Crippen LogP) is 3.02. The molecule has 0 aromatic heterocycles. The normalized spacial score (nSPS) is 19.0. The molecule has 1 fully saturated rings. The molecule has 134 valence electrons. The highest BCUT2D eigenvalue weighted by Crippen LogP contribution is 2.32. The fraction of sp³-hybridized carbons (Fsp3) is 0.211. The van der Waals surface area contributed by atoms with Gasteiger partial charge in [0.1, 0.15) is 22.6 Å². The summed E-state index contributed by atoms with van der Waals surface area (Å²) in [6, 6.07) is 12.3. The Balaban J connectivity index is 1.57. The molecule has 1 saturated heterocycles. The molecule has 7 heteroatoms. The smallest absolute Gasteiger partial charge is 0.280 e. The van der Waals surface area contributed by atoms with Crippen LogP contribution in [0, 0.1) is 5.82 Å². The minimum absolute atomic E-state index is 0.155. The van der Waals surface area contributed by atoms with E-state index in [0.717, 1.165) is 23.6 Å². The van der Waals surface area contributed by atoms with Crippen molar-refractivity contribution in [1.82, 2.24) is 5.32 Å². The quantitative estimate of drug-likeness (QED) is 0.597. The van der Waals surface area contributed by atoms with Crippen LogP contribution in [0.3, 0.4) is 0 Å². The van der Waals surface area contributed by atoms with Gasteiger partial charge in [0, 0.05) is 12.1 Å². The second-order valence-corrected chi connectivity index (χ2v) is 7.35. The summed E-state index contributed by atoms with van der Waals surface area (Å²) in [5.41, 5.74) is 1.27. The van der Waals surface area contributed by atoms with E-state index >= 15 is 0 Å². The van der Waals surface area contributed by atoms with Crippen LogP contribution in [0.1, 0.15) is 15.9 Å². The first-order chi connectivity index (χ1) is 12.5. The number of hydrogen-bond acceptors (Lipinski definition) is 5. The summed E-state index contributed by atoms with van der Waals surface area (Å²) in [4.78, 5) is 34.8. The Hall–Kier alpha value is -2.67. The van der Waals surface area contributed by atoms with Crippen LogP contribution in [0.15, 0.2) is 48.5 Å². The third-order valence-electron chi connectivity index (χ3n) is 4.01. The van der Waals surface area contributed by atoms with Gasteiger partial charge in [0.15, 0.2) is 12.4 Å². The molecule has 3 rings (SSSR count). The van der Waals surface area contributed by atoms with E-state index < -0.39 is 10.6 Å². The number of halogens is 1. The number of ether oxygens (including phenoxy) is 1. The van der Waals surface area contributed by atoms with E-state index in [1.165, 1.54) is 24.3 Å². The Morgan fingerprint density at radius 3 is 2.46 bits per heavy atom. The first-order valence-corrected chi connectivity index (χ1v) is 8.75. The highest BCUT2D eigenvalue weighted by Gasteiger charge is 2.39. The van der Waals surface area contributed by atoms with Gasteiger partial charge in [-0.25, -0.2) is 4.39 Å². The average molecular weight is 373 g/mol. The largest absolute Gasteiger partial charge is 0.485 e. The van der Waals surface area contributed by atoms with Crippen molar-refractivity contribution in [3.63, 3.8) is 0 Å². The minimum atomic E-state index is -0.780. The lowest BCUT2D eigenvalue weighted by molar-refractivity contribution is -0.109. The first-order valence-electron chi connectivity index (χ1n) is 7.93. The number of rotatable bonds is 7. The molecular weight excluding hydrogens is 357 g/mol. The van der Waals surface area contributed by atoms with Crippen molar-refractivity contribution in [2.75, 3.05) is 13.2 Å². The summed E-state index contributed by atoms with van der Waals surface area (Å²) >= 11 is 1.00. The van der Waals surface area contributed by atoms with E-state index in [-0.39, 0.29) is 17.6 Å². The lowest BCUT2D eigenvalue weighted by Gasteiger charge is -2.18. The molecule has 1 aliphatic rings. The van der Waals surface area contributed by atoms with E-state index in [2.05, 4.69) is 5.32 Å². The molecule has 1 unspecified atom stereocenters. The standard InChI is InChI=1S/C19H16FNO4S/c20-15-5-3-14(4-6-15)17(23)10-25-16-7-1-13(2-8-16)9-19(12-22)11-21-18(24)26-19/h1-8,12H,9-11H2,(H,21,24). The third-order valence-corrected chi connectivity index (χ3v) is 5.13. The maximum atomic E-state index is 12.9. The van der Waals surface area contributed by atoms with Crippen LogP contribution in [0.2, 0.25) is 0 Å². The molecule has 1 heterocycles. The maximum absolute atomic E-state index is 12.9. The topological polar surface area (TPSA) is 72.5 Å². The minimum Gasteiger partial charge on any atom is -0.485 e. The Bertz CT molecular complexity index is 822. The van der Waals surface area contributed by atoms with E-state index in [0.29, 0.717) is 24.3 Å². The second-order valence-electron chi connectivity index (χ2n) is 5.97. The van der Waals surface area contributed by atoms with Crippen LogP contribution >= 0.6 is 11.8 Å². The van der Waals surface area contributed by atoms with Gasteiger partial charge in [-0.2, -0.15) is 0 Å². The molecule has 0 bridgehead atoms. The SMILES string of the molecule is O=CC1(Cc2ccc(OCC(=O)c3ccc(F)cc3)cc2)CNC(=O)S1. The van der Waals surface area contributed by atoms with E-state index in [1.54, 1.807) is 24.3 Å². The number of aldehydes is 1. The summed E-state index contributed by atoms with van der Waals surface area (Å²) < 4.78 is 17.6. The average Bonchev–Trinajstić information content (AvgIpc) is 3.02. The zero-order chi connectivity index (χ0) is 18.6. The van der Waals surface area contributed by atoms with Crippen molar-refractivity contribution in [2.24, 2.45) is 0 Å². The molecule has 5 nitrogen and oxygen atoms in total. The number of benzene rings is 2. The number of Topliss-reactive ketones (excluding diaryl/α,β-unsaturated/α-hetero) is 1. The van der Waals surface area contributed by atoms with Gasteiger partial charge < -0.3 is 14.8 Å². The summed E-state index contributed by atoms with van der Waals surface area (Å²) in [6.07, 6.45) is 1.23. The Morgan fingerprint density at radius 1 is 1.19 bits per heavy atom. The maximum Gasteiger partial charge on any atom is 0.280 e. The molecule has 2 aromatic rings. The number of nitrogens with one attached hydrogen (secondary N) is 1. The van der Waals surface area contributed by atoms with Crippen molar-refractivity contribution < 1.29 is 23.5 Å². The molecular formula is C19H16FNO4S. The predicted molar refractivity (Wildman–Crippen MR) is 96.2 cm³/mol. The van der Waals surface area contributed by atoms with Crippen LogP contribution in [-0.4, -0.2) is 35.2 Å². The molecule has 26 heavy (non-hydrogen) atoms. The molecule has 0 aliphatic carbocycles. The number of amides is 1. The van der Waals surface area contributed by atoms with Gasteiger partial charge in [0.05, 0.1) is 0 Å². The second kappa shape index (κ2) is 7.70. The molecule has 0 radical (unpaired) electrons. The van der Waals surface area contributed by atoms with Gasteiger partial charge in [0.2, 0.25) is 0 Å². The fourth-order valence-corrected chi connectivity index (χ4v) is 3.55. The molecule has 1 amide bonds. The molecule has 0 spiro atoms. The van der Waals surface area contributed by atoms with Crippen LogP contribution < -0.4 is 10.1 Å². The van der Waals surface area contributed by atoms with Crippen LogP contribution in [0.5, 0.6) is 5.75 Å². The van der Waals surface area contributed by atoms with Gasteiger partial charge in [0.25, 0.3) is 5.24 Å². The molecule has 2 aromatic carbocycles. The van der Waals surface area contributed by atoms with Crippen LogP contribution in [0.4, 0.5) is 9.18 Å². The summed E-state index contributed by atoms with van der Waals surface area (Å²) in [6.45, 7) is 0.155. The third kappa shape index (κ3) is 4.29. The Morgan fingerprint density at radius 2 is 1.88 bits per heavy atom. The summed E-state index contributed by atoms with van der Waals surface area (Å²) in [5.74, 6) is -0.137. The van der Waals surface area contributed by atoms with Crippen LogP contribution in [0.25, 0.3) is 0 Å². The van der Waals surface area contributed by atoms with Crippen molar-refractivity contribution in [3.8, 4) is 5.75 Å². The Kier molecular flexibility index (Phi) is 5.37. The molecule has 1 aliphatic heterocycles. The zero-order valence-electron chi connectivity index (χ0n) is 13.7. The van der Waals surface area contributed by atoms with Gasteiger partial charge in [-0.05, 0) is 60.1 Å². The zero-order valence-corrected chi connectivity index (χ0v) is 14.6. The fourth-order valence-electron chi connectivity index (χ4n) is 2.60. The highest BCUT2D eigenvalue weighted by atomic mass is 32.2. The van der Waals surface area contributed by atoms with Gasteiger partial charge in [-0.15, -0.1) is 0 Å². The summed E-state index contributed by atoms with van der Waals surface area (Å²) in [5, 5.41) is 2.45. The van der Waals surface area contributed by atoms with E-state index in [9.17, 15) is 18.8 Å². The number of ketones is 1. The van der Waals surface area contributed by atoms with Crippen LogP contribution in [-0.2, 0) is 11.2 Å². The lowest BCUT2D eigenvalue weighted by Crippen LogP contribution is -2.33. The number of thioether (sulfide) groups is 1. The van der Waals surface area contributed by atoms with Gasteiger partial charge in [-0.1, -0.05) is 12.1 Å². The van der Waals surface area contributed by atoms with Gasteiger partial charge in [-0.3, -0.25) is 9.59 Å². The van der Waals surface area contributed by atoms with Crippen molar-refractivity contribution in [1.29, 1.82) is 0 Å². The molecule has 1 N–H and O–H groups in total. The van der Waals surface area contributed by atoms with Crippen molar-refractivity contribution in [3.05, 3.63) is 65.5 Å². The first kappa shape index (κ1) is 18.1. The van der Waals surface area contributed by atoms with Gasteiger partial charge >= 0.3 is 0 Å². The molecule has 1 atom stereocenters.